The Bertz CT molecular complexity index is 309. The lowest BCUT2D eigenvalue weighted by molar-refractivity contribution is -0.109. The van der Waals surface area contributed by atoms with Crippen molar-refractivity contribution < 1.29 is 14.9 Å². The van der Waals surface area contributed by atoms with Crippen molar-refractivity contribution >= 4 is 15.9 Å². The Morgan fingerprint density at radius 3 is 2.62 bits per heavy atom. The van der Waals surface area contributed by atoms with E-state index in [1.54, 1.807) is 0 Å². The standard InChI is InChI=1S/C12H17BrO3/c1-3-9(13)5-4-8(2)12-6-10(14)11(15)7-16-12/h3-5,10-12,14-15H,2,6-7H2,1H3/b5-4-,9-3+/t10-,11+,12-/m0/s1. The summed E-state index contributed by atoms with van der Waals surface area (Å²) in [6.45, 7) is 5.97. The van der Waals surface area contributed by atoms with E-state index in [-0.39, 0.29) is 12.7 Å². The minimum Gasteiger partial charge on any atom is -0.390 e. The fourth-order valence-corrected chi connectivity index (χ4v) is 1.55. The summed E-state index contributed by atoms with van der Waals surface area (Å²) in [6, 6.07) is 0. The largest absolute Gasteiger partial charge is 0.390 e. The molecule has 0 bridgehead atoms. The molecule has 0 radical (unpaired) electrons. The molecule has 1 saturated heterocycles. The van der Waals surface area contributed by atoms with Gasteiger partial charge in [0.15, 0.2) is 0 Å². The van der Waals surface area contributed by atoms with Gasteiger partial charge < -0.3 is 14.9 Å². The molecule has 16 heavy (non-hydrogen) atoms. The molecule has 0 aliphatic carbocycles. The summed E-state index contributed by atoms with van der Waals surface area (Å²) in [5.74, 6) is 0. The van der Waals surface area contributed by atoms with Gasteiger partial charge in [-0.05, 0) is 18.6 Å². The Balaban J connectivity index is 2.52. The van der Waals surface area contributed by atoms with Crippen LogP contribution < -0.4 is 0 Å². The normalized spacial score (nSPS) is 32.0. The maximum absolute atomic E-state index is 9.50. The van der Waals surface area contributed by atoms with Crippen LogP contribution in [0.5, 0.6) is 0 Å². The van der Waals surface area contributed by atoms with Crippen LogP contribution in [0.2, 0.25) is 0 Å². The summed E-state index contributed by atoms with van der Waals surface area (Å²) in [5.41, 5.74) is 0.796. The van der Waals surface area contributed by atoms with Crippen LogP contribution in [0.25, 0.3) is 0 Å². The number of aliphatic hydroxyl groups excluding tert-OH is 2. The predicted molar refractivity (Wildman–Crippen MR) is 67.3 cm³/mol. The molecule has 4 heteroatoms. The molecule has 0 unspecified atom stereocenters. The Kier molecular flexibility index (Phi) is 5.41. The lowest BCUT2D eigenvalue weighted by Crippen LogP contribution is -2.41. The van der Waals surface area contributed by atoms with Crippen molar-refractivity contribution in [1.82, 2.24) is 0 Å². The van der Waals surface area contributed by atoms with Crippen LogP contribution in [0.4, 0.5) is 0 Å². The van der Waals surface area contributed by atoms with Gasteiger partial charge in [0.2, 0.25) is 0 Å². The molecule has 0 aromatic rings. The molecule has 0 saturated carbocycles. The smallest absolute Gasteiger partial charge is 0.103 e. The van der Waals surface area contributed by atoms with Gasteiger partial charge in [0, 0.05) is 10.9 Å². The number of allylic oxidation sites excluding steroid dienone is 3. The second kappa shape index (κ2) is 6.35. The summed E-state index contributed by atoms with van der Waals surface area (Å²) in [7, 11) is 0. The van der Waals surface area contributed by atoms with Gasteiger partial charge in [-0.2, -0.15) is 0 Å². The quantitative estimate of drug-likeness (QED) is 0.780. The number of hydrogen-bond acceptors (Lipinski definition) is 3. The van der Waals surface area contributed by atoms with Crippen LogP contribution in [0.1, 0.15) is 13.3 Å². The van der Waals surface area contributed by atoms with Gasteiger partial charge in [-0.25, -0.2) is 0 Å². The molecule has 1 aliphatic heterocycles. The SMILES string of the molecule is C=C(/C=C\C(Br)=C/C)[C@@H]1C[C@H](O)[C@H](O)CO1. The summed E-state index contributed by atoms with van der Waals surface area (Å²) in [5, 5.41) is 18.8. The zero-order chi connectivity index (χ0) is 12.1. The molecule has 90 valence electrons. The zero-order valence-electron chi connectivity index (χ0n) is 9.27. The third-order valence-corrected chi connectivity index (χ3v) is 3.24. The Morgan fingerprint density at radius 2 is 2.06 bits per heavy atom. The minimum absolute atomic E-state index is 0.156. The molecule has 3 atom stereocenters. The average molecular weight is 289 g/mol. The fraction of sp³-hybridized carbons (Fsp3) is 0.500. The molecule has 0 aromatic heterocycles. The summed E-state index contributed by atoms with van der Waals surface area (Å²) in [4.78, 5) is 0. The van der Waals surface area contributed by atoms with Crippen molar-refractivity contribution in [1.29, 1.82) is 0 Å². The fourth-order valence-electron chi connectivity index (χ4n) is 1.42. The molecule has 0 spiro atoms. The van der Waals surface area contributed by atoms with E-state index >= 15 is 0 Å². The molecular weight excluding hydrogens is 272 g/mol. The van der Waals surface area contributed by atoms with E-state index in [0.717, 1.165) is 10.1 Å². The highest BCUT2D eigenvalue weighted by atomic mass is 79.9. The molecule has 0 amide bonds. The molecule has 1 aliphatic rings. The first-order valence-corrected chi connectivity index (χ1v) is 6.00. The van der Waals surface area contributed by atoms with E-state index in [0.29, 0.717) is 6.42 Å². The zero-order valence-corrected chi connectivity index (χ0v) is 10.9. The molecule has 1 fully saturated rings. The number of ether oxygens (including phenoxy) is 1. The lowest BCUT2D eigenvalue weighted by atomic mass is 9.98. The van der Waals surface area contributed by atoms with Gasteiger partial charge in [-0.3, -0.25) is 0 Å². The number of hydrogen-bond donors (Lipinski definition) is 2. The van der Waals surface area contributed by atoms with Gasteiger partial charge in [0.05, 0.1) is 18.8 Å². The van der Waals surface area contributed by atoms with E-state index < -0.39 is 12.2 Å². The van der Waals surface area contributed by atoms with Gasteiger partial charge in [0.1, 0.15) is 6.10 Å². The summed E-state index contributed by atoms with van der Waals surface area (Å²) >= 11 is 3.35. The number of halogens is 1. The van der Waals surface area contributed by atoms with E-state index in [1.807, 2.05) is 25.2 Å². The Morgan fingerprint density at radius 1 is 1.38 bits per heavy atom. The van der Waals surface area contributed by atoms with Crippen LogP contribution in [0.3, 0.4) is 0 Å². The van der Waals surface area contributed by atoms with E-state index in [2.05, 4.69) is 22.5 Å². The second-order valence-corrected chi connectivity index (χ2v) is 4.69. The van der Waals surface area contributed by atoms with Gasteiger partial charge in [-0.15, -0.1) is 0 Å². The Hall–Kier alpha value is -0.420. The minimum atomic E-state index is -0.782. The predicted octanol–water partition coefficient (Wildman–Crippen LogP) is 1.91. The van der Waals surface area contributed by atoms with Crippen LogP contribution >= 0.6 is 15.9 Å². The van der Waals surface area contributed by atoms with Crippen LogP contribution in [-0.4, -0.2) is 35.1 Å². The molecular formula is C12H17BrO3. The van der Waals surface area contributed by atoms with Crippen molar-refractivity contribution in [2.45, 2.75) is 31.7 Å². The first-order chi connectivity index (χ1) is 7.54. The molecule has 1 rings (SSSR count). The maximum Gasteiger partial charge on any atom is 0.103 e. The highest BCUT2D eigenvalue weighted by Crippen LogP contribution is 2.21. The third kappa shape index (κ3) is 3.87. The van der Waals surface area contributed by atoms with Crippen molar-refractivity contribution in [2.75, 3.05) is 6.61 Å². The maximum atomic E-state index is 9.50. The highest BCUT2D eigenvalue weighted by molar-refractivity contribution is 9.11. The number of aliphatic hydroxyl groups is 2. The van der Waals surface area contributed by atoms with Gasteiger partial charge in [0.25, 0.3) is 0 Å². The molecule has 0 aromatic carbocycles. The molecule has 1 heterocycles. The monoisotopic (exact) mass is 288 g/mol. The van der Waals surface area contributed by atoms with E-state index in [1.165, 1.54) is 0 Å². The van der Waals surface area contributed by atoms with Crippen LogP contribution in [0, 0.1) is 0 Å². The highest BCUT2D eigenvalue weighted by Gasteiger charge is 2.28. The Labute approximate surface area is 104 Å². The van der Waals surface area contributed by atoms with Crippen molar-refractivity contribution in [3.63, 3.8) is 0 Å². The third-order valence-electron chi connectivity index (χ3n) is 2.51. The summed E-state index contributed by atoms with van der Waals surface area (Å²) in [6.07, 6.45) is 4.31. The van der Waals surface area contributed by atoms with Crippen molar-refractivity contribution in [3.8, 4) is 0 Å². The topological polar surface area (TPSA) is 49.7 Å². The van der Waals surface area contributed by atoms with E-state index in [4.69, 9.17) is 4.74 Å². The van der Waals surface area contributed by atoms with E-state index in [9.17, 15) is 10.2 Å². The van der Waals surface area contributed by atoms with Gasteiger partial charge in [-0.1, -0.05) is 34.7 Å². The van der Waals surface area contributed by atoms with Crippen LogP contribution in [0.15, 0.2) is 34.9 Å². The van der Waals surface area contributed by atoms with Crippen LogP contribution in [-0.2, 0) is 4.74 Å². The second-order valence-electron chi connectivity index (χ2n) is 3.77. The van der Waals surface area contributed by atoms with Crippen molar-refractivity contribution in [3.05, 3.63) is 34.9 Å². The molecule has 3 nitrogen and oxygen atoms in total. The first kappa shape index (κ1) is 13.6. The van der Waals surface area contributed by atoms with Gasteiger partial charge >= 0.3 is 0 Å². The summed E-state index contributed by atoms with van der Waals surface area (Å²) < 4.78 is 6.36. The average Bonchev–Trinajstić information content (AvgIpc) is 2.29. The number of rotatable bonds is 3. The first-order valence-electron chi connectivity index (χ1n) is 5.21. The molecule has 2 N–H and O–H groups in total. The lowest BCUT2D eigenvalue weighted by Gasteiger charge is -2.30. The van der Waals surface area contributed by atoms with Crippen molar-refractivity contribution in [2.24, 2.45) is 0 Å².